The number of aryl methyl sites for hydroxylation is 1. The van der Waals surface area contributed by atoms with Gasteiger partial charge in [0.15, 0.2) is 0 Å². The maximum atomic E-state index is 14.0. The smallest absolute Gasteiger partial charge is 0.244 e. The molecule has 4 bridgehead atoms. The molecule has 0 aromatic heterocycles. The molecule has 0 spiro atoms. The molecule has 2 aromatic carbocycles. The summed E-state index contributed by atoms with van der Waals surface area (Å²) in [7, 11) is -3.77. The molecule has 43 heavy (non-hydrogen) atoms. The summed E-state index contributed by atoms with van der Waals surface area (Å²) < 4.78 is 27.4. The van der Waals surface area contributed by atoms with E-state index in [9.17, 15) is 18.0 Å². The molecule has 2 amide bonds. The lowest BCUT2D eigenvalue weighted by Gasteiger charge is -2.57. The number of rotatable bonds is 12. The highest BCUT2D eigenvalue weighted by molar-refractivity contribution is 7.92. The number of benzene rings is 2. The molecule has 0 saturated heterocycles. The zero-order chi connectivity index (χ0) is 30.9. The van der Waals surface area contributed by atoms with E-state index < -0.39 is 22.0 Å². The predicted molar refractivity (Wildman–Crippen MR) is 172 cm³/mol. The number of nitrogens with one attached hydrogen (secondary N) is 1. The SMILES string of the molecule is CCC(C)NC(=O)C(CC)N(Cc1ccc(C)cc1)C(=O)CN(c1ccc(C23CC4CC(CC(C4)C2)C3)cc1)S(C)(=O)=O. The summed E-state index contributed by atoms with van der Waals surface area (Å²) in [6.45, 7) is 7.67. The summed E-state index contributed by atoms with van der Waals surface area (Å²) in [4.78, 5) is 28.9. The van der Waals surface area contributed by atoms with Crippen molar-refractivity contribution in [1.82, 2.24) is 10.2 Å². The number of nitrogens with zero attached hydrogens (tertiary/aromatic N) is 2. The lowest BCUT2D eigenvalue weighted by Crippen LogP contribution is -2.53. The average molecular weight is 608 g/mol. The van der Waals surface area contributed by atoms with Gasteiger partial charge in [0, 0.05) is 12.6 Å². The largest absolute Gasteiger partial charge is 0.352 e. The minimum Gasteiger partial charge on any atom is -0.352 e. The predicted octanol–water partition coefficient (Wildman–Crippen LogP) is 5.95. The minimum absolute atomic E-state index is 0.0297. The molecule has 8 heteroatoms. The molecule has 7 nitrogen and oxygen atoms in total. The molecule has 4 aliphatic carbocycles. The van der Waals surface area contributed by atoms with Gasteiger partial charge in [0.05, 0.1) is 11.9 Å². The Labute approximate surface area is 258 Å². The number of amides is 2. The van der Waals surface area contributed by atoms with Crippen molar-refractivity contribution >= 4 is 27.5 Å². The van der Waals surface area contributed by atoms with Gasteiger partial charge in [0.2, 0.25) is 21.8 Å². The zero-order valence-corrected chi connectivity index (χ0v) is 27.3. The van der Waals surface area contributed by atoms with Crippen LogP contribution in [0.2, 0.25) is 0 Å². The fourth-order valence-electron chi connectivity index (χ4n) is 8.31. The van der Waals surface area contributed by atoms with E-state index in [1.807, 2.05) is 64.1 Å². The second-order valence-electron chi connectivity index (χ2n) is 13.8. The highest BCUT2D eigenvalue weighted by atomic mass is 32.2. The monoisotopic (exact) mass is 607 g/mol. The Bertz CT molecular complexity index is 1370. The molecule has 234 valence electrons. The number of anilines is 1. The van der Waals surface area contributed by atoms with Crippen LogP contribution in [-0.2, 0) is 31.6 Å². The third-order valence-corrected chi connectivity index (χ3v) is 11.5. The normalized spacial score (nSPS) is 25.7. The first-order valence-corrected chi connectivity index (χ1v) is 18.0. The van der Waals surface area contributed by atoms with Crippen molar-refractivity contribution in [2.45, 2.75) is 103 Å². The fourth-order valence-corrected chi connectivity index (χ4v) is 9.16. The van der Waals surface area contributed by atoms with Crippen molar-refractivity contribution in [3.05, 3.63) is 65.2 Å². The lowest BCUT2D eigenvalue weighted by atomic mass is 9.48. The van der Waals surface area contributed by atoms with Gasteiger partial charge in [-0.05, 0) is 112 Å². The van der Waals surface area contributed by atoms with Crippen molar-refractivity contribution in [3.8, 4) is 0 Å². The minimum atomic E-state index is -3.77. The molecule has 4 aliphatic rings. The molecule has 2 atom stereocenters. The van der Waals surface area contributed by atoms with Crippen molar-refractivity contribution in [1.29, 1.82) is 0 Å². The highest BCUT2D eigenvalue weighted by Crippen LogP contribution is 2.60. The first-order valence-electron chi connectivity index (χ1n) is 16.1. The molecular formula is C35H49N3O4S. The Kier molecular flexibility index (Phi) is 9.26. The van der Waals surface area contributed by atoms with Gasteiger partial charge in [-0.1, -0.05) is 55.8 Å². The van der Waals surface area contributed by atoms with Crippen LogP contribution in [0, 0.1) is 24.7 Å². The Balaban J connectivity index is 1.40. The van der Waals surface area contributed by atoms with Gasteiger partial charge >= 0.3 is 0 Å². The van der Waals surface area contributed by atoms with Crippen molar-refractivity contribution in [2.75, 3.05) is 17.1 Å². The van der Waals surface area contributed by atoms with E-state index in [0.717, 1.165) is 41.6 Å². The van der Waals surface area contributed by atoms with Crippen LogP contribution in [-0.4, -0.2) is 50.0 Å². The van der Waals surface area contributed by atoms with Gasteiger partial charge < -0.3 is 10.2 Å². The third-order valence-electron chi connectivity index (χ3n) is 10.3. The van der Waals surface area contributed by atoms with E-state index in [1.165, 1.54) is 48.4 Å². The van der Waals surface area contributed by atoms with E-state index >= 15 is 0 Å². The number of carbonyl (C=O) groups excluding carboxylic acids is 2. The van der Waals surface area contributed by atoms with Crippen LogP contribution in [0.3, 0.4) is 0 Å². The van der Waals surface area contributed by atoms with Crippen molar-refractivity contribution in [3.63, 3.8) is 0 Å². The molecule has 4 fully saturated rings. The first kappa shape index (κ1) is 31.6. The van der Waals surface area contributed by atoms with Crippen LogP contribution in [0.5, 0.6) is 0 Å². The van der Waals surface area contributed by atoms with Crippen molar-refractivity contribution < 1.29 is 18.0 Å². The number of hydrogen-bond acceptors (Lipinski definition) is 4. The summed E-state index contributed by atoms with van der Waals surface area (Å²) in [5, 5.41) is 3.02. The molecule has 0 radical (unpaired) electrons. The Hall–Kier alpha value is -2.87. The highest BCUT2D eigenvalue weighted by Gasteiger charge is 2.51. The van der Waals surface area contributed by atoms with Gasteiger partial charge in [-0.2, -0.15) is 0 Å². The molecule has 0 aliphatic heterocycles. The summed E-state index contributed by atoms with van der Waals surface area (Å²) in [6.07, 6.45) is 10.1. The molecule has 4 saturated carbocycles. The maximum absolute atomic E-state index is 14.0. The van der Waals surface area contributed by atoms with E-state index in [-0.39, 0.29) is 30.5 Å². The molecule has 1 N–H and O–H groups in total. The third kappa shape index (κ3) is 6.95. The van der Waals surface area contributed by atoms with Crippen LogP contribution >= 0.6 is 0 Å². The maximum Gasteiger partial charge on any atom is 0.244 e. The second kappa shape index (κ2) is 12.6. The van der Waals surface area contributed by atoms with Crippen LogP contribution in [0.15, 0.2) is 48.5 Å². The number of sulfonamides is 1. The molecule has 2 unspecified atom stereocenters. The van der Waals surface area contributed by atoms with Crippen LogP contribution in [0.1, 0.15) is 88.8 Å². The zero-order valence-electron chi connectivity index (χ0n) is 26.5. The van der Waals surface area contributed by atoms with Crippen LogP contribution in [0.4, 0.5) is 5.69 Å². The van der Waals surface area contributed by atoms with Gasteiger partial charge in [0.1, 0.15) is 12.6 Å². The van der Waals surface area contributed by atoms with Crippen LogP contribution in [0.25, 0.3) is 0 Å². The number of carbonyl (C=O) groups is 2. The summed E-state index contributed by atoms with van der Waals surface area (Å²) in [6, 6.07) is 15.1. The van der Waals surface area contributed by atoms with Gasteiger partial charge in [0.25, 0.3) is 0 Å². The standard InChI is InChI=1S/C35H49N3O4S/c1-6-25(4)36-34(40)32(7-2)37(22-26-10-8-24(3)9-11-26)33(39)23-38(43(5,41)42)31-14-12-30(13-15-31)35-19-27-16-28(20-35)18-29(17-27)21-35/h8-15,25,27-29,32H,6-7,16-23H2,1-5H3,(H,36,40). The topological polar surface area (TPSA) is 86.8 Å². The summed E-state index contributed by atoms with van der Waals surface area (Å²) >= 11 is 0. The summed E-state index contributed by atoms with van der Waals surface area (Å²) in [5.74, 6) is 1.84. The summed E-state index contributed by atoms with van der Waals surface area (Å²) in [5.41, 5.74) is 3.99. The van der Waals surface area contributed by atoms with Gasteiger partial charge in [-0.3, -0.25) is 13.9 Å². The van der Waals surface area contributed by atoms with E-state index in [2.05, 4.69) is 17.4 Å². The molecule has 0 heterocycles. The number of hydrogen-bond donors (Lipinski definition) is 1. The average Bonchev–Trinajstić information content (AvgIpc) is 2.95. The second-order valence-corrected chi connectivity index (χ2v) is 15.7. The van der Waals surface area contributed by atoms with E-state index in [4.69, 9.17) is 0 Å². The van der Waals surface area contributed by atoms with E-state index in [0.29, 0.717) is 12.1 Å². The Morgan fingerprint density at radius 3 is 1.95 bits per heavy atom. The van der Waals surface area contributed by atoms with Crippen LogP contribution < -0.4 is 9.62 Å². The molecule has 2 aromatic rings. The van der Waals surface area contributed by atoms with E-state index in [1.54, 1.807) is 4.90 Å². The molecular weight excluding hydrogens is 558 g/mol. The molecule has 6 rings (SSSR count). The fraction of sp³-hybridized carbons (Fsp3) is 0.600. The lowest BCUT2D eigenvalue weighted by molar-refractivity contribution is -0.140. The van der Waals surface area contributed by atoms with Crippen molar-refractivity contribution in [2.24, 2.45) is 17.8 Å². The first-order chi connectivity index (χ1) is 20.4. The Morgan fingerprint density at radius 1 is 0.907 bits per heavy atom. The quantitative estimate of drug-likeness (QED) is 0.323. The van der Waals surface area contributed by atoms with Gasteiger partial charge in [-0.25, -0.2) is 8.42 Å². The van der Waals surface area contributed by atoms with Gasteiger partial charge in [-0.15, -0.1) is 0 Å². The Morgan fingerprint density at radius 2 is 1.47 bits per heavy atom.